The Morgan fingerprint density at radius 1 is 1.15 bits per heavy atom. The highest BCUT2D eigenvalue weighted by molar-refractivity contribution is 6.11. The lowest BCUT2D eigenvalue weighted by atomic mass is 10.0. The van der Waals surface area contributed by atoms with E-state index in [-0.39, 0.29) is 22.8 Å². The van der Waals surface area contributed by atoms with Gasteiger partial charge in [0.2, 0.25) is 5.75 Å². The van der Waals surface area contributed by atoms with Crippen LogP contribution in [-0.4, -0.2) is 24.6 Å². The summed E-state index contributed by atoms with van der Waals surface area (Å²) >= 11 is 0. The number of hydrogen-bond acceptors (Lipinski definition) is 4. The zero-order valence-electron chi connectivity index (χ0n) is 11.4. The van der Waals surface area contributed by atoms with Crippen LogP contribution >= 0.6 is 0 Å². The Bertz CT molecular complexity index is 605. The van der Waals surface area contributed by atoms with Gasteiger partial charge in [0.15, 0.2) is 17.3 Å². The van der Waals surface area contributed by atoms with Crippen molar-refractivity contribution in [2.75, 3.05) is 13.7 Å². The molecule has 0 saturated carbocycles. The predicted molar refractivity (Wildman–Crippen MR) is 75.7 cm³/mol. The summed E-state index contributed by atoms with van der Waals surface area (Å²) in [4.78, 5) is 12.4. The first-order valence-corrected chi connectivity index (χ1v) is 6.31. The van der Waals surface area contributed by atoms with Gasteiger partial charge in [0.05, 0.1) is 19.3 Å². The lowest BCUT2D eigenvalue weighted by Gasteiger charge is -2.13. The molecule has 0 aliphatic rings. The van der Waals surface area contributed by atoms with E-state index in [2.05, 4.69) is 0 Å². The fourth-order valence-corrected chi connectivity index (χ4v) is 1.93. The molecule has 0 aliphatic heterocycles. The van der Waals surface area contributed by atoms with Crippen LogP contribution in [0.15, 0.2) is 42.5 Å². The Balaban J connectivity index is 2.48. The number of ether oxygens (including phenoxy) is 2. The number of aromatic hydroxyl groups is 1. The summed E-state index contributed by atoms with van der Waals surface area (Å²) in [5.41, 5.74) is 0.705. The van der Waals surface area contributed by atoms with Crippen LogP contribution in [0, 0.1) is 0 Å². The number of hydrogen-bond donors (Lipinski definition) is 1. The molecule has 0 aromatic heterocycles. The van der Waals surface area contributed by atoms with Gasteiger partial charge in [-0.1, -0.05) is 30.3 Å². The van der Waals surface area contributed by atoms with Crippen molar-refractivity contribution in [2.45, 2.75) is 6.92 Å². The highest BCUT2D eigenvalue weighted by Gasteiger charge is 2.20. The maximum absolute atomic E-state index is 12.4. The molecule has 20 heavy (non-hydrogen) atoms. The molecule has 0 fully saturated rings. The standard InChI is InChI=1S/C16H16O4/c1-3-20-16-13(19-2)10-9-12(15(16)18)14(17)11-7-5-4-6-8-11/h4-10,18H,3H2,1-2H3. The number of ketones is 1. The lowest BCUT2D eigenvalue weighted by molar-refractivity contribution is 0.103. The Labute approximate surface area is 117 Å². The van der Waals surface area contributed by atoms with Gasteiger partial charge in [-0.15, -0.1) is 0 Å². The second kappa shape index (κ2) is 6.10. The topological polar surface area (TPSA) is 55.8 Å². The van der Waals surface area contributed by atoms with Crippen LogP contribution in [0.25, 0.3) is 0 Å². The fraction of sp³-hybridized carbons (Fsp3) is 0.188. The van der Waals surface area contributed by atoms with Crippen molar-refractivity contribution in [3.05, 3.63) is 53.6 Å². The molecule has 4 nitrogen and oxygen atoms in total. The Kier molecular flexibility index (Phi) is 4.25. The van der Waals surface area contributed by atoms with E-state index < -0.39 is 0 Å². The third-order valence-corrected chi connectivity index (χ3v) is 2.88. The molecule has 0 radical (unpaired) electrons. The molecule has 0 aliphatic carbocycles. The number of rotatable bonds is 5. The van der Waals surface area contributed by atoms with Crippen LogP contribution in [0.5, 0.6) is 17.2 Å². The van der Waals surface area contributed by atoms with Crippen molar-refractivity contribution in [3.8, 4) is 17.2 Å². The molecule has 0 saturated heterocycles. The number of benzene rings is 2. The highest BCUT2D eigenvalue weighted by Crippen LogP contribution is 2.39. The van der Waals surface area contributed by atoms with Crippen LogP contribution in [0.4, 0.5) is 0 Å². The van der Waals surface area contributed by atoms with Gasteiger partial charge in [-0.2, -0.15) is 0 Å². The molecular weight excluding hydrogens is 256 g/mol. The van der Waals surface area contributed by atoms with Crippen LogP contribution in [-0.2, 0) is 0 Å². The minimum absolute atomic E-state index is 0.191. The second-order valence-electron chi connectivity index (χ2n) is 4.12. The molecule has 1 N–H and O–H groups in total. The summed E-state index contributed by atoms with van der Waals surface area (Å²) in [6.07, 6.45) is 0. The van der Waals surface area contributed by atoms with Gasteiger partial charge in [0.1, 0.15) is 0 Å². The smallest absolute Gasteiger partial charge is 0.204 e. The van der Waals surface area contributed by atoms with Crippen LogP contribution in [0.3, 0.4) is 0 Å². The maximum atomic E-state index is 12.4. The summed E-state index contributed by atoms with van der Waals surface area (Å²) in [6, 6.07) is 11.9. The van der Waals surface area contributed by atoms with Gasteiger partial charge >= 0.3 is 0 Å². The van der Waals surface area contributed by atoms with Crippen molar-refractivity contribution < 1.29 is 19.4 Å². The number of carbonyl (C=O) groups is 1. The molecular formula is C16H16O4. The van der Waals surface area contributed by atoms with Crippen molar-refractivity contribution in [1.82, 2.24) is 0 Å². The maximum Gasteiger partial charge on any atom is 0.204 e. The van der Waals surface area contributed by atoms with E-state index >= 15 is 0 Å². The predicted octanol–water partition coefficient (Wildman–Crippen LogP) is 3.03. The molecule has 2 aromatic rings. The first-order chi connectivity index (χ1) is 9.69. The minimum Gasteiger partial charge on any atom is -0.504 e. The molecule has 0 heterocycles. The third-order valence-electron chi connectivity index (χ3n) is 2.88. The highest BCUT2D eigenvalue weighted by atomic mass is 16.5. The SMILES string of the molecule is CCOc1c(OC)ccc(C(=O)c2ccccc2)c1O. The molecule has 4 heteroatoms. The van der Waals surface area contributed by atoms with Gasteiger partial charge in [0, 0.05) is 5.56 Å². The van der Waals surface area contributed by atoms with E-state index in [1.165, 1.54) is 13.2 Å². The normalized spacial score (nSPS) is 10.1. The van der Waals surface area contributed by atoms with E-state index in [1.807, 2.05) is 6.07 Å². The molecule has 0 bridgehead atoms. The Morgan fingerprint density at radius 3 is 2.45 bits per heavy atom. The quantitative estimate of drug-likeness (QED) is 0.850. The molecule has 2 rings (SSSR count). The Morgan fingerprint density at radius 2 is 1.85 bits per heavy atom. The summed E-state index contributed by atoms with van der Waals surface area (Å²) in [5.74, 6) is 0.137. The molecule has 0 unspecified atom stereocenters. The van der Waals surface area contributed by atoms with Crippen molar-refractivity contribution in [1.29, 1.82) is 0 Å². The molecule has 0 atom stereocenters. The lowest BCUT2D eigenvalue weighted by Crippen LogP contribution is -2.04. The number of methoxy groups -OCH3 is 1. The summed E-state index contributed by atoms with van der Waals surface area (Å²) in [5, 5.41) is 10.2. The van der Waals surface area contributed by atoms with Crippen LogP contribution < -0.4 is 9.47 Å². The van der Waals surface area contributed by atoms with Crippen LogP contribution in [0.1, 0.15) is 22.8 Å². The van der Waals surface area contributed by atoms with Crippen LogP contribution in [0.2, 0.25) is 0 Å². The van der Waals surface area contributed by atoms with E-state index in [0.717, 1.165) is 0 Å². The van der Waals surface area contributed by atoms with Gasteiger partial charge in [-0.05, 0) is 19.1 Å². The van der Waals surface area contributed by atoms with Gasteiger partial charge in [0.25, 0.3) is 0 Å². The largest absolute Gasteiger partial charge is 0.504 e. The van der Waals surface area contributed by atoms with E-state index in [1.54, 1.807) is 37.3 Å². The number of phenols is 1. The second-order valence-corrected chi connectivity index (χ2v) is 4.12. The summed E-state index contributed by atoms with van der Waals surface area (Å²) in [7, 11) is 1.48. The zero-order chi connectivity index (χ0) is 14.5. The fourth-order valence-electron chi connectivity index (χ4n) is 1.93. The number of phenolic OH excluding ortho intramolecular Hbond substituents is 1. The van der Waals surface area contributed by atoms with E-state index in [9.17, 15) is 9.90 Å². The minimum atomic E-state index is -0.258. The van der Waals surface area contributed by atoms with Crippen molar-refractivity contribution in [3.63, 3.8) is 0 Å². The molecule has 0 amide bonds. The first kappa shape index (κ1) is 13.9. The number of carbonyl (C=O) groups excluding carboxylic acids is 1. The monoisotopic (exact) mass is 272 g/mol. The van der Waals surface area contributed by atoms with Gasteiger partial charge in [-0.25, -0.2) is 0 Å². The zero-order valence-corrected chi connectivity index (χ0v) is 11.4. The first-order valence-electron chi connectivity index (χ1n) is 6.31. The third kappa shape index (κ3) is 2.59. The van der Waals surface area contributed by atoms with Crippen molar-refractivity contribution >= 4 is 5.78 Å². The van der Waals surface area contributed by atoms with E-state index in [0.29, 0.717) is 17.9 Å². The summed E-state index contributed by atoms with van der Waals surface area (Å²) < 4.78 is 10.5. The average molecular weight is 272 g/mol. The summed E-state index contributed by atoms with van der Waals surface area (Å²) in [6.45, 7) is 2.16. The van der Waals surface area contributed by atoms with Gasteiger partial charge in [-0.3, -0.25) is 4.79 Å². The molecule has 0 spiro atoms. The Hall–Kier alpha value is -2.49. The molecule has 2 aromatic carbocycles. The average Bonchev–Trinajstić information content (AvgIpc) is 2.49. The van der Waals surface area contributed by atoms with Crippen molar-refractivity contribution in [2.24, 2.45) is 0 Å². The molecule has 104 valence electrons. The van der Waals surface area contributed by atoms with E-state index in [4.69, 9.17) is 9.47 Å². The van der Waals surface area contributed by atoms with Gasteiger partial charge < -0.3 is 14.6 Å².